The van der Waals surface area contributed by atoms with Gasteiger partial charge in [0.05, 0.1) is 19.3 Å². The highest BCUT2D eigenvalue weighted by Gasteiger charge is 2.29. The maximum atomic E-state index is 12.2. The molecule has 3 rings (SSSR count). The number of rotatable bonds is 6. The summed E-state index contributed by atoms with van der Waals surface area (Å²) < 4.78 is 11.1. The number of anilines is 1. The fourth-order valence-corrected chi connectivity index (χ4v) is 4.04. The van der Waals surface area contributed by atoms with Gasteiger partial charge in [-0.2, -0.15) is 0 Å². The molecule has 1 unspecified atom stereocenters. The fraction of sp³-hybridized carbons (Fsp3) is 0.368. The number of hydrogen-bond acceptors (Lipinski definition) is 6. The molecule has 138 valence electrons. The van der Waals surface area contributed by atoms with E-state index in [9.17, 15) is 4.79 Å². The van der Waals surface area contributed by atoms with Crippen LogP contribution in [0.5, 0.6) is 11.5 Å². The molecule has 7 heteroatoms. The van der Waals surface area contributed by atoms with Crippen molar-refractivity contribution in [1.82, 2.24) is 10.3 Å². The van der Waals surface area contributed by atoms with E-state index in [4.69, 9.17) is 9.47 Å². The first-order valence-electron chi connectivity index (χ1n) is 8.38. The monoisotopic (exact) mass is 373 g/mol. The van der Waals surface area contributed by atoms with Crippen molar-refractivity contribution in [2.45, 2.75) is 18.9 Å². The normalized spacial score (nSPS) is 16.3. The van der Waals surface area contributed by atoms with E-state index in [1.165, 1.54) is 0 Å². The zero-order valence-electron chi connectivity index (χ0n) is 15.2. The van der Waals surface area contributed by atoms with Crippen LogP contribution in [-0.4, -0.2) is 38.7 Å². The summed E-state index contributed by atoms with van der Waals surface area (Å²) in [5.41, 5.74) is 1.94. The number of aromatic nitrogens is 1. The summed E-state index contributed by atoms with van der Waals surface area (Å²) in [5.74, 6) is 1.28. The molecule has 1 atom stereocenters. The summed E-state index contributed by atoms with van der Waals surface area (Å²) in [5, 5.41) is 3.88. The molecule has 2 aromatic rings. The van der Waals surface area contributed by atoms with Crippen LogP contribution in [-0.2, 0) is 11.3 Å². The third-order valence-electron chi connectivity index (χ3n) is 4.20. The maximum absolute atomic E-state index is 12.2. The van der Waals surface area contributed by atoms with Crippen LogP contribution in [0.3, 0.4) is 0 Å². The van der Waals surface area contributed by atoms with E-state index in [-0.39, 0.29) is 11.8 Å². The molecule has 0 saturated carbocycles. The molecule has 2 heterocycles. The SMILES string of the molecule is C=CCOc1ccc(C2CC(=O)NCc3nc(N(C)C)sc32)cc1OC. The van der Waals surface area contributed by atoms with E-state index >= 15 is 0 Å². The molecule has 26 heavy (non-hydrogen) atoms. The number of thiazole rings is 1. The number of carbonyl (C=O) groups excluding carboxylic acids is 1. The average Bonchev–Trinajstić information content (AvgIpc) is 3.00. The Balaban J connectivity index is 2.01. The Hall–Kier alpha value is -2.54. The Morgan fingerprint density at radius 1 is 1.42 bits per heavy atom. The van der Waals surface area contributed by atoms with Gasteiger partial charge in [0.1, 0.15) is 6.61 Å². The summed E-state index contributed by atoms with van der Waals surface area (Å²) in [7, 11) is 5.56. The van der Waals surface area contributed by atoms with Crippen molar-refractivity contribution in [3.63, 3.8) is 0 Å². The quantitative estimate of drug-likeness (QED) is 0.789. The van der Waals surface area contributed by atoms with Crippen LogP contribution in [0.15, 0.2) is 30.9 Å². The van der Waals surface area contributed by atoms with Crippen LogP contribution in [0.25, 0.3) is 0 Å². The summed E-state index contributed by atoms with van der Waals surface area (Å²) in [4.78, 5) is 20.0. The first-order valence-corrected chi connectivity index (χ1v) is 9.20. The lowest BCUT2D eigenvalue weighted by atomic mass is 9.93. The second-order valence-electron chi connectivity index (χ2n) is 6.25. The maximum Gasteiger partial charge on any atom is 0.221 e. The molecule has 0 aliphatic carbocycles. The third kappa shape index (κ3) is 3.67. The number of methoxy groups -OCH3 is 1. The lowest BCUT2D eigenvalue weighted by Crippen LogP contribution is -2.21. The van der Waals surface area contributed by atoms with Crippen LogP contribution in [0, 0.1) is 0 Å². The molecular formula is C19H23N3O3S. The summed E-state index contributed by atoms with van der Waals surface area (Å²) in [6.45, 7) is 4.54. The summed E-state index contributed by atoms with van der Waals surface area (Å²) in [6, 6.07) is 5.82. The van der Waals surface area contributed by atoms with E-state index in [0.29, 0.717) is 31.1 Å². The van der Waals surface area contributed by atoms with Crippen molar-refractivity contribution < 1.29 is 14.3 Å². The smallest absolute Gasteiger partial charge is 0.221 e. The molecule has 1 amide bonds. The van der Waals surface area contributed by atoms with Gasteiger partial charge >= 0.3 is 0 Å². The number of amides is 1. The number of ether oxygens (including phenoxy) is 2. The lowest BCUT2D eigenvalue weighted by molar-refractivity contribution is -0.121. The fourth-order valence-electron chi connectivity index (χ4n) is 2.91. The average molecular weight is 373 g/mol. The van der Waals surface area contributed by atoms with Crippen LogP contribution < -0.4 is 19.7 Å². The highest BCUT2D eigenvalue weighted by Crippen LogP contribution is 2.41. The second kappa shape index (κ2) is 7.78. The molecule has 0 saturated heterocycles. The molecule has 6 nitrogen and oxygen atoms in total. The zero-order valence-corrected chi connectivity index (χ0v) is 16.1. The molecule has 0 radical (unpaired) electrons. The predicted octanol–water partition coefficient (Wildman–Crippen LogP) is 2.93. The van der Waals surface area contributed by atoms with Gasteiger partial charge in [0, 0.05) is 31.3 Å². The standard InChI is InChI=1S/C19H23N3O3S/c1-5-8-25-15-7-6-12(9-16(15)24-4)13-10-17(23)20-11-14-18(13)26-19(21-14)22(2)3/h5-7,9,13H,1,8,10-11H2,2-4H3,(H,20,23). The van der Waals surface area contributed by atoms with Crippen molar-refractivity contribution in [3.05, 3.63) is 47.0 Å². The van der Waals surface area contributed by atoms with Gasteiger partial charge in [-0.05, 0) is 17.7 Å². The van der Waals surface area contributed by atoms with E-state index in [0.717, 1.165) is 21.3 Å². The molecule has 0 fully saturated rings. The van der Waals surface area contributed by atoms with Gasteiger partial charge in [-0.3, -0.25) is 4.79 Å². The van der Waals surface area contributed by atoms with E-state index in [1.807, 2.05) is 37.2 Å². The Morgan fingerprint density at radius 3 is 2.92 bits per heavy atom. The number of hydrogen-bond donors (Lipinski definition) is 1. The van der Waals surface area contributed by atoms with Crippen molar-refractivity contribution >= 4 is 22.4 Å². The molecule has 0 bridgehead atoms. The predicted molar refractivity (Wildman–Crippen MR) is 103 cm³/mol. The summed E-state index contributed by atoms with van der Waals surface area (Å²) in [6.07, 6.45) is 2.08. The highest BCUT2D eigenvalue weighted by molar-refractivity contribution is 7.15. The topological polar surface area (TPSA) is 63.7 Å². The molecule has 1 aromatic heterocycles. The van der Waals surface area contributed by atoms with Gasteiger partial charge in [0.2, 0.25) is 5.91 Å². The van der Waals surface area contributed by atoms with Crippen molar-refractivity contribution in [1.29, 1.82) is 0 Å². The van der Waals surface area contributed by atoms with Gasteiger partial charge in [0.15, 0.2) is 16.6 Å². The highest BCUT2D eigenvalue weighted by atomic mass is 32.1. The van der Waals surface area contributed by atoms with E-state index < -0.39 is 0 Å². The van der Waals surface area contributed by atoms with E-state index in [1.54, 1.807) is 24.5 Å². The minimum Gasteiger partial charge on any atom is -0.493 e. The van der Waals surface area contributed by atoms with Gasteiger partial charge in [0.25, 0.3) is 0 Å². The largest absolute Gasteiger partial charge is 0.493 e. The van der Waals surface area contributed by atoms with Crippen molar-refractivity contribution in [3.8, 4) is 11.5 Å². The minimum absolute atomic E-state index is 0.0255. The number of benzene rings is 1. The Morgan fingerprint density at radius 2 is 2.23 bits per heavy atom. The van der Waals surface area contributed by atoms with Gasteiger partial charge in [-0.1, -0.05) is 18.7 Å². The number of fused-ring (bicyclic) bond motifs is 1. The van der Waals surface area contributed by atoms with E-state index in [2.05, 4.69) is 16.9 Å². The van der Waals surface area contributed by atoms with Crippen molar-refractivity contribution in [2.24, 2.45) is 0 Å². The van der Waals surface area contributed by atoms with Crippen LogP contribution in [0.1, 0.15) is 28.5 Å². The molecule has 1 aromatic carbocycles. The Kier molecular flexibility index (Phi) is 5.46. The Bertz CT molecular complexity index is 816. The first kappa shape index (κ1) is 18.3. The molecule has 1 aliphatic heterocycles. The second-order valence-corrected chi connectivity index (χ2v) is 7.25. The number of nitrogens with zero attached hydrogens (tertiary/aromatic N) is 2. The number of carbonyl (C=O) groups is 1. The molecule has 1 N–H and O–H groups in total. The lowest BCUT2D eigenvalue weighted by Gasteiger charge is -2.17. The zero-order chi connectivity index (χ0) is 18.7. The minimum atomic E-state index is -0.0546. The Labute approximate surface area is 157 Å². The van der Waals surface area contributed by atoms with Crippen molar-refractivity contribution in [2.75, 3.05) is 32.7 Å². The van der Waals surface area contributed by atoms with Crippen LogP contribution in [0.4, 0.5) is 5.13 Å². The van der Waals surface area contributed by atoms with Gasteiger partial charge in [-0.15, -0.1) is 11.3 Å². The molecular weight excluding hydrogens is 350 g/mol. The van der Waals surface area contributed by atoms with Crippen LogP contribution >= 0.6 is 11.3 Å². The molecule has 0 spiro atoms. The summed E-state index contributed by atoms with van der Waals surface area (Å²) >= 11 is 1.63. The third-order valence-corrected chi connectivity index (χ3v) is 5.58. The molecule has 1 aliphatic rings. The van der Waals surface area contributed by atoms with Crippen LogP contribution in [0.2, 0.25) is 0 Å². The number of nitrogens with one attached hydrogen (secondary N) is 1. The van der Waals surface area contributed by atoms with Gasteiger partial charge < -0.3 is 19.7 Å². The van der Waals surface area contributed by atoms with Gasteiger partial charge in [-0.25, -0.2) is 4.98 Å². The first-order chi connectivity index (χ1) is 12.5.